The maximum absolute atomic E-state index is 10.5. The van der Waals surface area contributed by atoms with Gasteiger partial charge in [0.15, 0.2) is 0 Å². The molecular weight excluding hydrogens is 183 g/mol. The minimum Gasteiger partial charge on any atom is -0.288 e. The Hall–Kier alpha value is 0.0600. The molecular formula is C10H21O2P. The van der Waals surface area contributed by atoms with Gasteiger partial charge in [-0.1, -0.05) is 40.0 Å². The Morgan fingerprint density at radius 2 is 1.38 bits per heavy atom. The van der Waals surface area contributed by atoms with Gasteiger partial charge in [0.2, 0.25) is 0 Å². The van der Waals surface area contributed by atoms with E-state index in [0.717, 1.165) is 38.5 Å². The third kappa shape index (κ3) is 4.73. The molecule has 0 saturated carbocycles. The van der Waals surface area contributed by atoms with Crippen LogP contribution in [-0.2, 0) is 9.09 Å². The summed E-state index contributed by atoms with van der Waals surface area (Å²) in [7, 11) is -0.166. The fraction of sp³-hybridized carbons (Fsp3) is 1.00. The van der Waals surface area contributed by atoms with Gasteiger partial charge in [-0.05, 0) is 19.3 Å². The Labute approximate surface area is 83.3 Å². The molecule has 0 aliphatic heterocycles. The van der Waals surface area contributed by atoms with Crippen molar-refractivity contribution in [3.05, 3.63) is 0 Å². The number of rotatable bonds is 8. The lowest BCUT2D eigenvalue weighted by molar-refractivity contribution is 0.0529. The third-order valence-electron chi connectivity index (χ3n) is 2.35. The van der Waals surface area contributed by atoms with Crippen LogP contribution in [0.25, 0.3) is 0 Å². The molecule has 2 nitrogen and oxygen atoms in total. The Bertz CT molecular complexity index is 120. The summed E-state index contributed by atoms with van der Waals surface area (Å²) in [5.74, 6) is 0. The normalized spacial score (nSPS) is 12.2. The molecule has 0 unspecified atom stereocenters. The van der Waals surface area contributed by atoms with E-state index >= 15 is 0 Å². The highest BCUT2D eigenvalue weighted by atomic mass is 31.1. The van der Waals surface area contributed by atoms with Crippen molar-refractivity contribution in [1.29, 1.82) is 0 Å². The summed E-state index contributed by atoms with van der Waals surface area (Å²) in [6.07, 6.45) is 6.33. The molecule has 0 aromatic heterocycles. The summed E-state index contributed by atoms with van der Waals surface area (Å²) in [6.45, 7) is 6.43. The lowest BCUT2D eigenvalue weighted by Crippen LogP contribution is -2.29. The zero-order chi connectivity index (χ0) is 10.2. The summed E-state index contributed by atoms with van der Waals surface area (Å²) in [5, 5.41) is 0. The summed E-state index contributed by atoms with van der Waals surface area (Å²) < 4.78 is 15.9. The molecule has 0 aromatic rings. The van der Waals surface area contributed by atoms with E-state index in [1.165, 1.54) is 0 Å². The zero-order valence-electron chi connectivity index (χ0n) is 9.01. The van der Waals surface area contributed by atoms with Gasteiger partial charge in [0.25, 0.3) is 0 Å². The highest BCUT2D eigenvalue weighted by Crippen LogP contribution is 2.32. The second kappa shape index (κ2) is 7.46. The van der Waals surface area contributed by atoms with Gasteiger partial charge in [-0.25, -0.2) is 4.57 Å². The van der Waals surface area contributed by atoms with Crippen LogP contribution in [0.4, 0.5) is 0 Å². The van der Waals surface area contributed by atoms with Crippen molar-refractivity contribution in [3.63, 3.8) is 0 Å². The van der Waals surface area contributed by atoms with E-state index in [1.54, 1.807) is 0 Å². The van der Waals surface area contributed by atoms with Gasteiger partial charge in [-0.3, -0.25) is 4.52 Å². The van der Waals surface area contributed by atoms with Gasteiger partial charge in [-0.15, -0.1) is 0 Å². The van der Waals surface area contributed by atoms with E-state index in [2.05, 4.69) is 20.8 Å². The topological polar surface area (TPSA) is 26.3 Å². The van der Waals surface area contributed by atoms with Crippen LogP contribution in [0.2, 0.25) is 0 Å². The molecule has 0 bridgehead atoms. The first kappa shape index (κ1) is 13.1. The molecule has 0 atom stereocenters. The molecule has 0 fully saturated rings. The molecule has 78 valence electrons. The minimum absolute atomic E-state index is 0.123. The van der Waals surface area contributed by atoms with Crippen LogP contribution < -0.4 is 0 Å². The first-order valence-corrected chi connectivity index (χ1v) is 5.98. The van der Waals surface area contributed by atoms with Crippen LogP contribution in [0, 0.1) is 0 Å². The molecule has 0 heterocycles. The van der Waals surface area contributed by atoms with Gasteiger partial charge in [0, 0.05) is 0 Å². The molecule has 13 heavy (non-hydrogen) atoms. The maximum Gasteiger partial charge on any atom is 0.327 e. The van der Waals surface area contributed by atoms with E-state index in [1.807, 2.05) is 0 Å². The average molecular weight is 204 g/mol. The fourth-order valence-corrected chi connectivity index (χ4v) is 2.39. The third-order valence-corrected chi connectivity index (χ3v) is 2.81. The quantitative estimate of drug-likeness (QED) is 0.549. The van der Waals surface area contributed by atoms with Crippen molar-refractivity contribution in [3.8, 4) is 0 Å². The maximum atomic E-state index is 10.5. The molecule has 0 rings (SSSR count). The van der Waals surface area contributed by atoms with Crippen LogP contribution in [0.5, 0.6) is 0 Å². The van der Waals surface area contributed by atoms with Crippen molar-refractivity contribution in [1.82, 2.24) is 0 Å². The standard InChI is InChI=1S/C10H21O2P/c1-4-7-10(8-5-2,9-6-3)12-13-11/h4-9H2,1-3H3. The number of hydrogen-bond donors (Lipinski definition) is 0. The first-order valence-electron chi connectivity index (χ1n) is 5.25. The van der Waals surface area contributed by atoms with Crippen LogP contribution in [0.3, 0.4) is 0 Å². The molecule has 0 radical (unpaired) electrons. The van der Waals surface area contributed by atoms with Gasteiger partial charge in [0.05, 0.1) is 5.60 Å². The summed E-state index contributed by atoms with van der Waals surface area (Å²) >= 11 is 0. The van der Waals surface area contributed by atoms with Crippen LogP contribution >= 0.6 is 8.69 Å². The van der Waals surface area contributed by atoms with Crippen molar-refractivity contribution < 1.29 is 9.09 Å². The van der Waals surface area contributed by atoms with Crippen LogP contribution in [-0.4, -0.2) is 5.60 Å². The molecule has 0 aliphatic rings. The van der Waals surface area contributed by atoms with E-state index in [0.29, 0.717) is 0 Å². The van der Waals surface area contributed by atoms with Crippen molar-refractivity contribution in [2.45, 2.75) is 64.9 Å². The first-order chi connectivity index (χ1) is 6.24. The summed E-state index contributed by atoms with van der Waals surface area (Å²) in [6, 6.07) is 0. The van der Waals surface area contributed by atoms with Crippen LogP contribution in [0.1, 0.15) is 59.3 Å². The highest BCUT2D eigenvalue weighted by molar-refractivity contribution is 7.17. The van der Waals surface area contributed by atoms with Crippen molar-refractivity contribution in [2.24, 2.45) is 0 Å². The zero-order valence-corrected chi connectivity index (χ0v) is 9.90. The monoisotopic (exact) mass is 204 g/mol. The summed E-state index contributed by atoms with van der Waals surface area (Å²) in [4.78, 5) is 0. The second-order valence-electron chi connectivity index (χ2n) is 3.60. The van der Waals surface area contributed by atoms with E-state index in [9.17, 15) is 4.57 Å². The highest BCUT2D eigenvalue weighted by Gasteiger charge is 2.28. The Morgan fingerprint density at radius 1 is 1.00 bits per heavy atom. The molecule has 0 aliphatic carbocycles. The predicted octanol–water partition coefficient (Wildman–Crippen LogP) is 4.35. The molecule has 0 N–H and O–H groups in total. The van der Waals surface area contributed by atoms with Gasteiger partial charge < -0.3 is 0 Å². The Morgan fingerprint density at radius 3 is 1.62 bits per heavy atom. The average Bonchev–Trinajstić information content (AvgIpc) is 2.06. The van der Waals surface area contributed by atoms with Gasteiger partial charge in [0.1, 0.15) is 0 Å². The smallest absolute Gasteiger partial charge is 0.288 e. The van der Waals surface area contributed by atoms with Crippen molar-refractivity contribution >= 4 is 8.69 Å². The molecule has 0 saturated heterocycles. The molecule has 0 amide bonds. The molecule has 3 heteroatoms. The van der Waals surface area contributed by atoms with E-state index in [-0.39, 0.29) is 14.3 Å². The van der Waals surface area contributed by atoms with Crippen molar-refractivity contribution in [2.75, 3.05) is 0 Å². The Kier molecular flexibility index (Phi) is 7.50. The fourth-order valence-electron chi connectivity index (χ4n) is 1.96. The Balaban J connectivity index is 4.27. The van der Waals surface area contributed by atoms with Gasteiger partial charge >= 0.3 is 8.69 Å². The largest absolute Gasteiger partial charge is 0.327 e. The second-order valence-corrected chi connectivity index (χ2v) is 3.93. The number of hydrogen-bond acceptors (Lipinski definition) is 2. The molecule has 0 spiro atoms. The van der Waals surface area contributed by atoms with Crippen LogP contribution in [0.15, 0.2) is 0 Å². The molecule has 0 aromatic carbocycles. The van der Waals surface area contributed by atoms with Gasteiger partial charge in [-0.2, -0.15) is 0 Å². The minimum atomic E-state index is -0.166. The van der Waals surface area contributed by atoms with E-state index in [4.69, 9.17) is 4.52 Å². The SMILES string of the molecule is CCCC(CCC)(CCC)OP=O. The van der Waals surface area contributed by atoms with E-state index < -0.39 is 0 Å². The predicted molar refractivity (Wildman–Crippen MR) is 56.1 cm³/mol. The lowest BCUT2D eigenvalue weighted by atomic mass is 9.88. The summed E-state index contributed by atoms with van der Waals surface area (Å²) in [5.41, 5.74) is -0.123. The lowest BCUT2D eigenvalue weighted by Gasteiger charge is -2.29.